The highest BCUT2D eigenvalue weighted by atomic mass is 19.4. The number of amides is 1. The molecule has 1 N–H and O–H groups in total. The van der Waals surface area contributed by atoms with Gasteiger partial charge < -0.3 is 10.2 Å². The Bertz CT molecular complexity index is 299. The zero-order valence-corrected chi connectivity index (χ0v) is 9.10. The van der Waals surface area contributed by atoms with E-state index < -0.39 is 23.7 Å². The lowest BCUT2D eigenvalue weighted by Crippen LogP contribution is -2.51. The first-order chi connectivity index (χ1) is 7.42. The van der Waals surface area contributed by atoms with E-state index in [1.54, 1.807) is 0 Å². The van der Waals surface area contributed by atoms with E-state index in [0.717, 1.165) is 4.90 Å². The van der Waals surface area contributed by atoms with Crippen molar-refractivity contribution in [1.29, 1.82) is 0 Å². The van der Waals surface area contributed by atoms with Crippen LogP contribution in [0.4, 0.5) is 13.2 Å². The second-order valence-corrected chi connectivity index (χ2v) is 4.42. The van der Waals surface area contributed by atoms with Gasteiger partial charge in [0, 0.05) is 6.54 Å². The van der Waals surface area contributed by atoms with E-state index in [2.05, 4.69) is 5.32 Å². The Morgan fingerprint density at radius 3 is 2.56 bits per heavy atom. The zero-order chi connectivity index (χ0) is 12.0. The number of halogens is 3. The maximum Gasteiger partial charge on any atom is 0.411 e. The van der Waals surface area contributed by atoms with Gasteiger partial charge in [0.15, 0.2) is 0 Å². The molecule has 6 heteroatoms. The van der Waals surface area contributed by atoms with Gasteiger partial charge >= 0.3 is 6.18 Å². The monoisotopic (exact) mass is 236 g/mol. The van der Waals surface area contributed by atoms with Crippen molar-refractivity contribution in [2.24, 2.45) is 0 Å². The molecule has 0 spiro atoms. The van der Waals surface area contributed by atoms with E-state index in [0.29, 0.717) is 13.0 Å². The van der Waals surface area contributed by atoms with Crippen molar-refractivity contribution < 1.29 is 18.0 Å². The smallest absolute Gasteiger partial charge is 0.326 e. The first kappa shape index (κ1) is 11.7. The third kappa shape index (κ3) is 1.59. The van der Waals surface area contributed by atoms with Gasteiger partial charge in [-0.15, -0.1) is 0 Å². The summed E-state index contributed by atoms with van der Waals surface area (Å²) >= 11 is 0. The highest BCUT2D eigenvalue weighted by molar-refractivity contribution is 5.85. The Hall–Kier alpha value is -0.780. The SMILES string of the molecule is CCNC1CCN(C2(C(F)(F)F)CC2)C1=O. The molecule has 0 aromatic heterocycles. The Morgan fingerprint density at radius 2 is 2.12 bits per heavy atom. The van der Waals surface area contributed by atoms with E-state index in [-0.39, 0.29) is 19.4 Å². The predicted octanol–water partition coefficient (Wildman–Crippen LogP) is 1.29. The number of nitrogens with one attached hydrogen (secondary N) is 1. The molecule has 16 heavy (non-hydrogen) atoms. The molecule has 1 unspecified atom stereocenters. The molecular weight excluding hydrogens is 221 g/mol. The van der Waals surface area contributed by atoms with E-state index in [4.69, 9.17) is 0 Å². The van der Waals surface area contributed by atoms with Crippen LogP contribution < -0.4 is 5.32 Å². The molecule has 1 amide bonds. The van der Waals surface area contributed by atoms with Gasteiger partial charge in [0.25, 0.3) is 0 Å². The highest BCUT2D eigenvalue weighted by Crippen LogP contribution is 2.54. The molecule has 92 valence electrons. The fourth-order valence-corrected chi connectivity index (χ4v) is 2.37. The van der Waals surface area contributed by atoms with E-state index in [9.17, 15) is 18.0 Å². The first-order valence-corrected chi connectivity index (χ1v) is 5.54. The molecule has 3 nitrogen and oxygen atoms in total. The second kappa shape index (κ2) is 3.61. The Morgan fingerprint density at radius 1 is 1.50 bits per heavy atom. The molecule has 1 saturated carbocycles. The summed E-state index contributed by atoms with van der Waals surface area (Å²) in [5.41, 5.74) is -1.84. The molecule has 0 aromatic rings. The summed E-state index contributed by atoms with van der Waals surface area (Å²) in [5.74, 6) is -0.392. The fraction of sp³-hybridized carbons (Fsp3) is 0.900. The summed E-state index contributed by atoms with van der Waals surface area (Å²) in [5, 5.41) is 2.92. The lowest BCUT2D eigenvalue weighted by atomic mass is 10.2. The van der Waals surface area contributed by atoms with Crippen LogP contribution in [0.15, 0.2) is 0 Å². The molecular formula is C10H15F3N2O. The number of hydrogen-bond acceptors (Lipinski definition) is 2. The fourth-order valence-electron chi connectivity index (χ4n) is 2.37. The van der Waals surface area contributed by atoms with Gasteiger partial charge in [-0.25, -0.2) is 0 Å². The van der Waals surface area contributed by atoms with Gasteiger partial charge in [-0.1, -0.05) is 6.92 Å². The summed E-state index contributed by atoms with van der Waals surface area (Å²) in [4.78, 5) is 12.8. The molecule has 0 aromatic carbocycles. The largest absolute Gasteiger partial charge is 0.411 e. The average Bonchev–Trinajstić information content (AvgIpc) is 2.91. The van der Waals surface area contributed by atoms with Gasteiger partial charge in [0.05, 0.1) is 6.04 Å². The Balaban J connectivity index is 2.10. The standard InChI is InChI=1S/C10H15F3N2O/c1-2-14-7-3-6-15(8(7)16)9(4-5-9)10(11,12)13/h7,14H,2-6H2,1H3. The molecule has 2 aliphatic rings. The van der Waals surface area contributed by atoms with Crippen LogP contribution >= 0.6 is 0 Å². The van der Waals surface area contributed by atoms with Crippen LogP contribution in [0.1, 0.15) is 26.2 Å². The average molecular weight is 236 g/mol. The molecule has 1 aliphatic heterocycles. The van der Waals surface area contributed by atoms with Crippen LogP contribution in [0.25, 0.3) is 0 Å². The van der Waals surface area contributed by atoms with E-state index in [1.807, 2.05) is 6.92 Å². The summed E-state index contributed by atoms with van der Waals surface area (Å²) in [6, 6.07) is -0.426. The lowest BCUT2D eigenvalue weighted by molar-refractivity contribution is -0.197. The summed E-state index contributed by atoms with van der Waals surface area (Å²) in [7, 11) is 0. The van der Waals surface area contributed by atoms with Crippen LogP contribution in [-0.4, -0.2) is 41.7 Å². The molecule has 0 radical (unpaired) electrons. The predicted molar refractivity (Wildman–Crippen MR) is 51.8 cm³/mol. The van der Waals surface area contributed by atoms with Crippen LogP contribution in [0.3, 0.4) is 0 Å². The number of carbonyl (C=O) groups excluding carboxylic acids is 1. The number of carbonyl (C=O) groups is 1. The van der Waals surface area contributed by atoms with Crippen molar-refractivity contribution >= 4 is 5.91 Å². The second-order valence-electron chi connectivity index (χ2n) is 4.42. The number of hydrogen-bond donors (Lipinski definition) is 1. The molecule has 2 fully saturated rings. The zero-order valence-electron chi connectivity index (χ0n) is 9.10. The van der Waals surface area contributed by atoms with Crippen molar-refractivity contribution in [1.82, 2.24) is 10.2 Å². The van der Waals surface area contributed by atoms with Crippen molar-refractivity contribution in [2.75, 3.05) is 13.1 Å². The van der Waals surface area contributed by atoms with E-state index >= 15 is 0 Å². The molecule has 1 heterocycles. The summed E-state index contributed by atoms with van der Waals surface area (Å²) < 4.78 is 38.5. The summed E-state index contributed by atoms with van der Waals surface area (Å²) in [6.07, 6.45) is -3.70. The Labute approximate surface area is 92.0 Å². The third-order valence-electron chi connectivity index (χ3n) is 3.42. The normalized spacial score (nSPS) is 28.6. The maximum atomic E-state index is 12.8. The number of rotatable bonds is 3. The van der Waals surface area contributed by atoms with Gasteiger partial charge in [-0.3, -0.25) is 4.79 Å². The molecule has 2 rings (SSSR count). The number of likely N-dealkylation sites (tertiary alicyclic amines) is 1. The minimum Gasteiger partial charge on any atom is -0.326 e. The molecule has 1 atom stereocenters. The minimum absolute atomic E-state index is 0.0566. The maximum absolute atomic E-state index is 12.8. The number of alkyl halides is 3. The van der Waals surface area contributed by atoms with Crippen LogP contribution in [0, 0.1) is 0 Å². The lowest BCUT2D eigenvalue weighted by Gasteiger charge is -2.30. The Kier molecular flexibility index (Phi) is 2.64. The topological polar surface area (TPSA) is 32.3 Å². The quantitative estimate of drug-likeness (QED) is 0.801. The molecule has 1 aliphatic carbocycles. The van der Waals surface area contributed by atoms with Crippen LogP contribution in [-0.2, 0) is 4.79 Å². The van der Waals surface area contributed by atoms with Gasteiger partial charge in [-0.2, -0.15) is 13.2 Å². The number of nitrogens with zero attached hydrogens (tertiary/aromatic N) is 1. The van der Waals surface area contributed by atoms with E-state index in [1.165, 1.54) is 0 Å². The van der Waals surface area contributed by atoms with Gasteiger partial charge in [-0.05, 0) is 25.8 Å². The van der Waals surface area contributed by atoms with Crippen molar-refractivity contribution in [3.63, 3.8) is 0 Å². The highest BCUT2D eigenvalue weighted by Gasteiger charge is 2.69. The third-order valence-corrected chi connectivity index (χ3v) is 3.42. The van der Waals surface area contributed by atoms with Crippen LogP contribution in [0.5, 0.6) is 0 Å². The first-order valence-electron chi connectivity index (χ1n) is 5.54. The van der Waals surface area contributed by atoms with Crippen molar-refractivity contribution in [3.8, 4) is 0 Å². The summed E-state index contributed by atoms with van der Waals surface area (Å²) in [6.45, 7) is 2.66. The van der Waals surface area contributed by atoms with Crippen LogP contribution in [0.2, 0.25) is 0 Å². The molecule has 0 bridgehead atoms. The van der Waals surface area contributed by atoms with Crippen molar-refractivity contribution in [3.05, 3.63) is 0 Å². The van der Waals surface area contributed by atoms with Gasteiger partial charge in [0.2, 0.25) is 5.91 Å². The van der Waals surface area contributed by atoms with Gasteiger partial charge in [0.1, 0.15) is 5.54 Å². The number of likely N-dealkylation sites (N-methyl/N-ethyl adjacent to an activating group) is 1. The molecule has 1 saturated heterocycles. The van der Waals surface area contributed by atoms with Crippen molar-refractivity contribution in [2.45, 2.75) is 43.9 Å². The minimum atomic E-state index is -4.29.